The first-order valence-electron chi connectivity index (χ1n) is 7.92. The number of nitrogens with one attached hydrogen (secondary N) is 1. The van der Waals surface area contributed by atoms with Gasteiger partial charge in [0.1, 0.15) is 11.9 Å². The first-order chi connectivity index (χ1) is 9.83. The van der Waals surface area contributed by atoms with Crippen LogP contribution in [0.3, 0.4) is 0 Å². The molecule has 5 rings (SSSR count). The molecule has 104 valence electrons. The minimum absolute atomic E-state index is 0.663. The van der Waals surface area contributed by atoms with Gasteiger partial charge in [0.2, 0.25) is 0 Å². The van der Waals surface area contributed by atoms with E-state index in [0.29, 0.717) is 5.56 Å². The molecule has 1 heterocycles. The molecule has 0 unspecified atom stereocenters. The highest BCUT2D eigenvalue weighted by atomic mass is 15.0. The van der Waals surface area contributed by atoms with Crippen LogP contribution >= 0.6 is 0 Å². The van der Waals surface area contributed by atoms with Gasteiger partial charge in [-0.3, -0.25) is 0 Å². The second-order valence-corrected chi connectivity index (χ2v) is 6.99. The maximum atomic E-state index is 9.13. The lowest BCUT2D eigenvalue weighted by molar-refractivity contribution is -0.0305. The summed E-state index contributed by atoms with van der Waals surface area (Å²) in [6.07, 6.45) is 9.07. The molecule has 1 aromatic rings. The van der Waals surface area contributed by atoms with Crippen LogP contribution in [0.5, 0.6) is 0 Å². The summed E-state index contributed by atoms with van der Waals surface area (Å²) in [4.78, 5) is 4.32. The van der Waals surface area contributed by atoms with E-state index in [0.717, 1.165) is 42.0 Å². The number of anilines is 1. The zero-order chi connectivity index (χ0) is 13.5. The van der Waals surface area contributed by atoms with Crippen molar-refractivity contribution in [1.82, 2.24) is 4.98 Å². The standard InChI is InChI=1S/C17H21N3/c18-9-13-2-1-3-19-17(13)20-10-16-14-5-11-4-12(7-14)8-15(16)6-11/h1-3,11-12,14-16H,4-8,10H2,(H,19,20). The molecule has 4 aliphatic rings. The first kappa shape index (κ1) is 12.2. The molecule has 4 bridgehead atoms. The largest absolute Gasteiger partial charge is 0.369 e. The second kappa shape index (κ2) is 4.77. The predicted molar refractivity (Wildman–Crippen MR) is 78.0 cm³/mol. The van der Waals surface area contributed by atoms with E-state index in [-0.39, 0.29) is 0 Å². The van der Waals surface area contributed by atoms with Crippen LogP contribution < -0.4 is 5.32 Å². The smallest absolute Gasteiger partial charge is 0.143 e. The summed E-state index contributed by atoms with van der Waals surface area (Å²) in [5.41, 5.74) is 0.663. The molecule has 1 aromatic heterocycles. The Hall–Kier alpha value is -1.56. The van der Waals surface area contributed by atoms with Gasteiger partial charge in [-0.05, 0) is 73.8 Å². The molecule has 0 radical (unpaired) electrons. The van der Waals surface area contributed by atoms with Crippen LogP contribution in [0, 0.1) is 40.9 Å². The molecule has 0 aromatic carbocycles. The van der Waals surface area contributed by atoms with Gasteiger partial charge in [-0.25, -0.2) is 4.98 Å². The summed E-state index contributed by atoms with van der Waals surface area (Å²) in [5.74, 6) is 5.47. The van der Waals surface area contributed by atoms with Crippen LogP contribution in [-0.4, -0.2) is 11.5 Å². The van der Waals surface area contributed by atoms with E-state index in [1.807, 2.05) is 12.1 Å². The Kier molecular flexibility index (Phi) is 2.91. The van der Waals surface area contributed by atoms with Gasteiger partial charge in [0.05, 0.1) is 5.56 Å². The van der Waals surface area contributed by atoms with Gasteiger partial charge in [0.15, 0.2) is 0 Å². The number of nitrogens with zero attached hydrogens (tertiary/aromatic N) is 2. The highest BCUT2D eigenvalue weighted by molar-refractivity contribution is 5.51. The molecule has 3 nitrogen and oxygen atoms in total. The molecular formula is C17H21N3. The van der Waals surface area contributed by atoms with Gasteiger partial charge < -0.3 is 5.32 Å². The Morgan fingerprint density at radius 2 is 1.85 bits per heavy atom. The Balaban J connectivity index is 1.46. The lowest BCUT2D eigenvalue weighted by Gasteiger charge is -2.54. The lowest BCUT2D eigenvalue weighted by atomic mass is 9.52. The SMILES string of the molecule is N#Cc1cccnc1NCC1C2CC3CC(C2)CC1C3. The van der Waals surface area contributed by atoms with Crippen molar-refractivity contribution in [2.45, 2.75) is 32.1 Å². The minimum Gasteiger partial charge on any atom is -0.369 e. The molecule has 0 spiro atoms. The van der Waals surface area contributed by atoms with Crippen molar-refractivity contribution in [1.29, 1.82) is 5.26 Å². The second-order valence-electron chi connectivity index (χ2n) is 6.99. The zero-order valence-electron chi connectivity index (χ0n) is 11.8. The Bertz CT molecular complexity index is 517. The fourth-order valence-electron chi connectivity index (χ4n) is 5.22. The zero-order valence-corrected chi connectivity index (χ0v) is 11.8. The molecular weight excluding hydrogens is 246 g/mol. The molecule has 0 aliphatic heterocycles. The molecule has 4 saturated carbocycles. The van der Waals surface area contributed by atoms with E-state index >= 15 is 0 Å². The first-order valence-corrected chi connectivity index (χ1v) is 7.92. The summed E-state index contributed by atoms with van der Waals surface area (Å²) in [5, 5.41) is 12.6. The van der Waals surface area contributed by atoms with Gasteiger partial charge >= 0.3 is 0 Å². The van der Waals surface area contributed by atoms with Crippen LogP contribution in [-0.2, 0) is 0 Å². The quantitative estimate of drug-likeness (QED) is 0.912. The Morgan fingerprint density at radius 3 is 2.50 bits per heavy atom. The van der Waals surface area contributed by atoms with Gasteiger partial charge in [0, 0.05) is 12.7 Å². The third-order valence-electron chi connectivity index (χ3n) is 5.86. The van der Waals surface area contributed by atoms with Crippen molar-refractivity contribution in [2.75, 3.05) is 11.9 Å². The third kappa shape index (κ3) is 1.98. The summed E-state index contributed by atoms with van der Waals surface area (Å²) in [6.45, 7) is 1.00. The van der Waals surface area contributed by atoms with E-state index in [1.165, 1.54) is 32.1 Å². The number of rotatable bonds is 3. The molecule has 0 atom stereocenters. The number of aromatic nitrogens is 1. The van der Waals surface area contributed by atoms with E-state index in [4.69, 9.17) is 5.26 Å². The van der Waals surface area contributed by atoms with Crippen molar-refractivity contribution < 1.29 is 0 Å². The molecule has 1 N–H and O–H groups in total. The monoisotopic (exact) mass is 267 g/mol. The van der Waals surface area contributed by atoms with E-state index in [9.17, 15) is 0 Å². The molecule has 4 fully saturated rings. The summed E-state index contributed by atoms with van der Waals surface area (Å²) >= 11 is 0. The molecule has 0 amide bonds. The Labute approximate surface area is 120 Å². The van der Waals surface area contributed by atoms with Crippen LogP contribution in [0.25, 0.3) is 0 Å². The number of hydrogen-bond acceptors (Lipinski definition) is 3. The van der Waals surface area contributed by atoms with Gasteiger partial charge in [0.25, 0.3) is 0 Å². The lowest BCUT2D eigenvalue weighted by Crippen LogP contribution is -2.47. The average Bonchev–Trinajstić information content (AvgIpc) is 2.46. The molecule has 20 heavy (non-hydrogen) atoms. The molecule has 0 saturated heterocycles. The van der Waals surface area contributed by atoms with Crippen molar-refractivity contribution in [2.24, 2.45) is 29.6 Å². The van der Waals surface area contributed by atoms with E-state index in [2.05, 4.69) is 16.4 Å². The van der Waals surface area contributed by atoms with Crippen LogP contribution in [0.2, 0.25) is 0 Å². The molecule has 3 heteroatoms. The maximum Gasteiger partial charge on any atom is 0.143 e. The summed E-state index contributed by atoms with van der Waals surface area (Å²) in [6, 6.07) is 5.89. The number of hydrogen-bond donors (Lipinski definition) is 1. The summed E-state index contributed by atoms with van der Waals surface area (Å²) < 4.78 is 0. The van der Waals surface area contributed by atoms with Crippen molar-refractivity contribution in [3.05, 3.63) is 23.9 Å². The van der Waals surface area contributed by atoms with Crippen LogP contribution in [0.15, 0.2) is 18.3 Å². The molecule has 4 aliphatic carbocycles. The van der Waals surface area contributed by atoms with E-state index < -0.39 is 0 Å². The Morgan fingerprint density at radius 1 is 1.15 bits per heavy atom. The number of nitriles is 1. The minimum atomic E-state index is 0.663. The highest BCUT2D eigenvalue weighted by Crippen LogP contribution is 2.56. The normalized spacial score (nSPS) is 37.6. The third-order valence-corrected chi connectivity index (χ3v) is 5.86. The summed E-state index contributed by atoms with van der Waals surface area (Å²) in [7, 11) is 0. The maximum absolute atomic E-state index is 9.13. The van der Waals surface area contributed by atoms with Gasteiger partial charge in [-0.2, -0.15) is 5.26 Å². The van der Waals surface area contributed by atoms with Crippen LogP contribution in [0.1, 0.15) is 37.7 Å². The van der Waals surface area contributed by atoms with Gasteiger partial charge in [-0.15, -0.1) is 0 Å². The topological polar surface area (TPSA) is 48.7 Å². The highest BCUT2D eigenvalue weighted by Gasteiger charge is 2.47. The predicted octanol–water partition coefficient (Wildman–Crippen LogP) is 3.44. The van der Waals surface area contributed by atoms with Crippen molar-refractivity contribution in [3.63, 3.8) is 0 Å². The number of pyridine rings is 1. The van der Waals surface area contributed by atoms with Gasteiger partial charge in [-0.1, -0.05) is 0 Å². The van der Waals surface area contributed by atoms with Crippen LogP contribution in [0.4, 0.5) is 5.82 Å². The fourth-order valence-corrected chi connectivity index (χ4v) is 5.22. The fraction of sp³-hybridized carbons (Fsp3) is 0.647. The average molecular weight is 267 g/mol. The van der Waals surface area contributed by atoms with E-state index in [1.54, 1.807) is 6.20 Å². The van der Waals surface area contributed by atoms with Crippen molar-refractivity contribution >= 4 is 5.82 Å². The van der Waals surface area contributed by atoms with Crippen molar-refractivity contribution in [3.8, 4) is 6.07 Å².